The van der Waals surface area contributed by atoms with Crippen molar-refractivity contribution >= 4 is 17.9 Å². The minimum absolute atomic E-state index is 0.175. The van der Waals surface area contributed by atoms with Crippen LogP contribution in [0.1, 0.15) is 54.4 Å². The van der Waals surface area contributed by atoms with Gasteiger partial charge in [-0.2, -0.15) is 0 Å². The minimum Gasteiger partial charge on any atom is -0.444 e. The molecular formula is C17H31N3O4. The monoisotopic (exact) mass is 341 g/mol. The first-order valence-electron chi connectivity index (χ1n) is 8.38. The number of nitrogens with one attached hydrogen (secondary N) is 2. The minimum atomic E-state index is -0.766. The average Bonchev–Trinajstić information content (AvgIpc) is 2.89. The van der Waals surface area contributed by atoms with Gasteiger partial charge in [-0.05, 0) is 39.0 Å². The number of carbonyl (C=O) groups excluding carboxylic acids is 3. The van der Waals surface area contributed by atoms with Gasteiger partial charge in [0.25, 0.3) is 0 Å². The van der Waals surface area contributed by atoms with Crippen LogP contribution in [0, 0.1) is 5.41 Å². The number of carbonyl (C=O) groups is 3. The molecule has 0 aliphatic carbocycles. The lowest BCUT2D eigenvalue weighted by atomic mass is 9.85. The summed E-state index contributed by atoms with van der Waals surface area (Å²) in [5.74, 6) is -0.426. The van der Waals surface area contributed by atoms with Gasteiger partial charge in [-0.15, -0.1) is 0 Å². The predicted octanol–water partition coefficient (Wildman–Crippen LogP) is 1.66. The van der Waals surface area contributed by atoms with E-state index in [1.54, 1.807) is 32.7 Å². The highest BCUT2D eigenvalue weighted by molar-refractivity contribution is 5.92. The molecule has 1 rings (SSSR count). The molecule has 0 bridgehead atoms. The van der Waals surface area contributed by atoms with Gasteiger partial charge in [0, 0.05) is 13.6 Å². The summed E-state index contributed by atoms with van der Waals surface area (Å²) in [6.07, 6.45) is 0.772. The second-order valence-electron chi connectivity index (χ2n) is 8.25. The third-order valence-corrected chi connectivity index (χ3v) is 3.86. The number of rotatable bonds is 3. The Morgan fingerprint density at radius 2 is 1.71 bits per heavy atom. The van der Waals surface area contributed by atoms with E-state index in [4.69, 9.17) is 4.74 Å². The number of alkyl carbamates (subject to hydrolysis) is 1. The van der Waals surface area contributed by atoms with Gasteiger partial charge in [-0.25, -0.2) is 4.79 Å². The number of hydrogen-bond donors (Lipinski definition) is 2. The van der Waals surface area contributed by atoms with E-state index in [0.29, 0.717) is 13.0 Å². The molecule has 7 heteroatoms. The van der Waals surface area contributed by atoms with Gasteiger partial charge in [0.1, 0.15) is 17.7 Å². The number of ether oxygens (including phenoxy) is 1. The zero-order valence-electron chi connectivity index (χ0n) is 15.9. The molecule has 0 saturated carbocycles. The molecule has 0 unspecified atom stereocenters. The number of likely N-dealkylation sites (tertiary alicyclic amines) is 1. The maximum Gasteiger partial charge on any atom is 0.408 e. The molecule has 1 aliphatic rings. The SMILES string of the molecule is CNC(=O)[C@@H]1CCCN1C(=O)[C@@H](NC(=O)OC(C)(C)C)C(C)(C)C. The summed E-state index contributed by atoms with van der Waals surface area (Å²) in [5, 5.41) is 5.28. The second kappa shape index (κ2) is 7.40. The van der Waals surface area contributed by atoms with E-state index < -0.39 is 29.2 Å². The zero-order valence-corrected chi connectivity index (χ0v) is 15.9. The van der Waals surface area contributed by atoms with Crippen molar-refractivity contribution in [3.8, 4) is 0 Å². The van der Waals surface area contributed by atoms with Crippen LogP contribution in [-0.4, -0.2) is 54.1 Å². The fourth-order valence-electron chi connectivity index (χ4n) is 2.71. The highest BCUT2D eigenvalue weighted by Gasteiger charge is 2.42. The average molecular weight is 341 g/mol. The first kappa shape index (κ1) is 20.3. The normalized spacial score (nSPS) is 19.6. The molecule has 0 aromatic rings. The lowest BCUT2D eigenvalue weighted by Gasteiger charge is -2.35. The maximum atomic E-state index is 13.0. The van der Waals surface area contributed by atoms with Crippen molar-refractivity contribution in [2.75, 3.05) is 13.6 Å². The summed E-state index contributed by atoms with van der Waals surface area (Å²) in [5.41, 5.74) is -1.16. The van der Waals surface area contributed by atoms with E-state index in [-0.39, 0.29) is 11.8 Å². The maximum absolute atomic E-state index is 13.0. The van der Waals surface area contributed by atoms with Crippen LogP contribution in [0.4, 0.5) is 4.79 Å². The largest absolute Gasteiger partial charge is 0.444 e. The van der Waals surface area contributed by atoms with Crippen LogP contribution in [0.15, 0.2) is 0 Å². The van der Waals surface area contributed by atoms with E-state index in [2.05, 4.69) is 10.6 Å². The highest BCUT2D eigenvalue weighted by atomic mass is 16.6. The van der Waals surface area contributed by atoms with Crippen LogP contribution in [0.2, 0.25) is 0 Å². The van der Waals surface area contributed by atoms with Crippen molar-refractivity contribution in [1.82, 2.24) is 15.5 Å². The smallest absolute Gasteiger partial charge is 0.408 e. The zero-order chi connectivity index (χ0) is 18.7. The third-order valence-electron chi connectivity index (χ3n) is 3.86. The number of hydrogen-bond acceptors (Lipinski definition) is 4. The molecule has 7 nitrogen and oxygen atoms in total. The molecule has 0 radical (unpaired) electrons. The van der Waals surface area contributed by atoms with E-state index in [1.165, 1.54) is 0 Å². The summed E-state index contributed by atoms with van der Waals surface area (Å²) >= 11 is 0. The third kappa shape index (κ3) is 5.39. The quantitative estimate of drug-likeness (QED) is 0.817. The molecule has 2 atom stereocenters. The Labute approximate surface area is 144 Å². The molecule has 138 valence electrons. The fraction of sp³-hybridized carbons (Fsp3) is 0.824. The molecule has 0 spiro atoms. The van der Waals surface area contributed by atoms with Crippen LogP contribution >= 0.6 is 0 Å². The number of likely N-dealkylation sites (N-methyl/N-ethyl adjacent to an activating group) is 1. The summed E-state index contributed by atoms with van der Waals surface area (Å²) in [7, 11) is 1.56. The van der Waals surface area contributed by atoms with Crippen molar-refractivity contribution in [1.29, 1.82) is 0 Å². The van der Waals surface area contributed by atoms with Crippen LogP contribution in [0.3, 0.4) is 0 Å². The molecule has 1 saturated heterocycles. The van der Waals surface area contributed by atoms with Gasteiger partial charge in [-0.1, -0.05) is 20.8 Å². The molecule has 0 aromatic heterocycles. The Balaban J connectivity index is 2.94. The van der Waals surface area contributed by atoms with E-state index in [1.807, 2.05) is 20.8 Å². The summed E-state index contributed by atoms with van der Waals surface area (Å²) in [6.45, 7) is 11.4. The molecule has 1 fully saturated rings. The number of amides is 3. The molecule has 1 aliphatic heterocycles. The van der Waals surface area contributed by atoms with Crippen molar-refractivity contribution in [3.63, 3.8) is 0 Å². The summed E-state index contributed by atoms with van der Waals surface area (Å²) in [6, 6.07) is -1.25. The molecule has 24 heavy (non-hydrogen) atoms. The first-order valence-corrected chi connectivity index (χ1v) is 8.38. The van der Waals surface area contributed by atoms with Crippen molar-refractivity contribution < 1.29 is 19.1 Å². The summed E-state index contributed by atoms with van der Waals surface area (Å²) in [4.78, 5) is 38.7. The molecular weight excluding hydrogens is 310 g/mol. The lowest BCUT2D eigenvalue weighted by Crippen LogP contribution is -2.58. The molecule has 1 heterocycles. The Bertz CT molecular complexity index is 491. The van der Waals surface area contributed by atoms with E-state index in [9.17, 15) is 14.4 Å². The Kier molecular flexibility index (Phi) is 6.25. The number of nitrogens with zero attached hydrogens (tertiary/aromatic N) is 1. The van der Waals surface area contributed by atoms with Gasteiger partial charge in [0.05, 0.1) is 0 Å². The predicted molar refractivity (Wildman–Crippen MR) is 91.4 cm³/mol. The Hall–Kier alpha value is -1.79. The fourth-order valence-corrected chi connectivity index (χ4v) is 2.71. The van der Waals surface area contributed by atoms with Crippen LogP contribution in [-0.2, 0) is 14.3 Å². The lowest BCUT2D eigenvalue weighted by molar-refractivity contribution is -0.141. The van der Waals surface area contributed by atoms with Crippen LogP contribution in [0.25, 0.3) is 0 Å². The van der Waals surface area contributed by atoms with Gasteiger partial charge in [-0.3, -0.25) is 9.59 Å². The standard InChI is InChI=1S/C17H31N3O4/c1-16(2,3)12(19-15(23)24-17(4,5)6)14(22)20-10-8-9-11(20)13(21)18-7/h11-12H,8-10H2,1-7H3,(H,18,21)(H,19,23)/t11-,12+/m0/s1. The molecule has 2 N–H and O–H groups in total. The molecule has 0 aromatic carbocycles. The molecule has 3 amide bonds. The van der Waals surface area contributed by atoms with Gasteiger partial charge in [0.15, 0.2) is 0 Å². The first-order chi connectivity index (χ1) is 10.9. The summed E-state index contributed by atoms with van der Waals surface area (Å²) < 4.78 is 5.27. The Morgan fingerprint density at radius 3 is 2.17 bits per heavy atom. The second-order valence-corrected chi connectivity index (χ2v) is 8.25. The highest BCUT2D eigenvalue weighted by Crippen LogP contribution is 2.26. The van der Waals surface area contributed by atoms with E-state index >= 15 is 0 Å². The topological polar surface area (TPSA) is 87.7 Å². The van der Waals surface area contributed by atoms with Crippen LogP contribution < -0.4 is 10.6 Å². The Morgan fingerprint density at radius 1 is 1.12 bits per heavy atom. The van der Waals surface area contributed by atoms with Gasteiger partial charge < -0.3 is 20.3 Å². The van der Waals surface area contributed by atoms with Crippen molar-refractivity contribution in [2.24, 2.45) is 5.41 Å². The van der Waals surface area contributed by atoms with E-state index in [0.717, 1.165) is 6.42 Å². The van der Waals surface area contributed by atoms with Crippen molar-refractivity contribution in [3.05, 3.63) is 0 Å². The van der Waals surface area contributed by atoms with Gasteiger partial charge >= 0.3 is 6.09 Å². The van der Waals surface area contributed by atoms with Crippen LogP contribution in [0.5, 0.6) is 0 Å². The van der Waals surface area contributed by atoms with Crippen molar-refractivity contribution in [2.45, 2.75) is 72.1 Å². The van der Waals surface area contributed by atoms with Gasteiger partial charge in [0.2, 0.25) is 11.8 Å².